The molecule has 1 aromatic heterocycles. The molecule has 0 bridgehead atoms. The standard InChI is InChI=1S/C25H22N2O4S/c1-32(29,30)18-19-12-14-21(15-13-19)25(28)31-17-22-16-27(23-10-6-3-7-11-23)26-24(22)20-8-4-2-5-9-20/h2-16H,17-18H2,1H3. The van der Waals surface area contributed by atoms with Crippen molar-refractivity contribution in [3.63, 3.8) is 0 Å². The van der Waals surface area contributed by atoms with Gasteiger partial charge in [0.1, 0.15) is 6.61 Å². The maximum atomic E-state index is 12.6. The third-order valence-corrected chi connectivity index (χ3v) is 5.69. The molecule has 3 aromatic carbocycles. The van der Waals surface area contributed by atoms with Crippen LogP contribution in [0, 0.1) is 0 Å². The number of sulfone groups is 1. The molecular formula is C25H22N2O4S. The molecule has 4 aromatic rings. The van der Waals surface area contributed by atoms with Crippen LogP contribution in [0.15, 0.2) is 91.1 Å². The van der Waals surface area contributed by atoms with Crippen LogP contribution in [-0.4, -0.2) is 30.4 Å². The summed E-state index contributed by atoms with van der Waals surface area (Å²) in [6.45, 7) is 0.0565. The van der Waals surface area contributed by atoms with Crippen LogP contribution >= 0.6 is 0 Å². The Morgan fingerprint density at radius 2 is 1.53 bits per heavy atom. The molecule has 0 spiro atoms. The van der Waals surface area contributed by atoms with Crippen molar-refractivity contribution in [2.45, 2.75) is 12.4 Å². The Balaban J connectivity index is 1.54. The molecule has 0 radical (unpaired) electrons. The maximum Gasteiger partial charge on any atom is 0.338 e. The van der Waals surface area contributed by atoms with Crippen LogP contribution in [-0.2, 0) is 26.9 Å². The lowest BCUT2D eigenvalue weighted by atomic mass is 10.1. The Kier molecular flexibility index (Phi) is 6.18. The van der Waals surface area contributed by atoms with Crippen LogP contribution in [0.3, 0.4) is 0 Å². The van der Waals surface area contributed by atoms with Crippen LogP contribution in [0.25, 0.3) is 16.9 Å². The summed E-state index contributed by atoms with van der Waals surface area (Å²) in [5, 5.41) is 4.72. The average Bonchev–Trinajstić information content (AvgIpc) is 3.22. The van der Waals surface area contributed by atoms with Gasteiger partial charge in [-0.3, -0.25) is 0 Å². The highest BCUT2D eigenvalue weighted by Gasteiger charge is 2.15. The predicted molar refractivity (Wildman–Crippen MR) is 123 cm³/mol. The van der Waals surface area contributed by atoms with Gasteiger partial charge in [-0.15, -0.1) is 0 Å². The van der Waals surface area contributed by atoms with Crippen molar-refractivity contribution in [1.29, 1.82) is 0 Å². The number of para-hydroxylation sites is 1. The van der Waals surface area contributed by atoms with E-state index in [0.29, 0.717) is 11.1 Å². The number of carbonyl (C=O) groups excluding carboxylic acids is 1. The van der Waals surface area contributed by atoms with Gasteiger partial charge < -0.3 is 4.74 Å². The number of aromatic nitrogens is 2. The van der Waals surface area contributed by atoms with Crippen LogP contribution in [0.4, 0.5) is 0 Å². The third kappa shape index (κ3) is 5.31. The summed E-state index contributed by atoms with van der Waals surface area (Å²) < 4.78 is 30.2. The molecule has 0 saturated heterocycles. The molecule has 6 nitrogen and oxygen atoms in total. The van der Waals surface area contributed by atoms with Gasteiger partial charge in [0.25, 0.3) is 0 Å². The van der Waals surface area contributed by atoms with E-state index in [1.807, 2.05) is 66.9 Å². The number of carbonyl (C=O) groups is 1. The van der Waals surface area contributed by atoms with E-state index in [2.05, 4.69) is 0 Å². The molecule has 0 aliphatic carbocycles. The fourth-order valence-corrected chi connectivity index (χ4v) is 4.13. The second kappa shape index (κ2) is 9.20. The summed E-state index contributed by atoms with van der Waals surface area (Å²) in [4.78, 5) is 12.6. The molecule has 0 fully saturated rings. The number of rotatable bonds is 7. The van der Waals surface area contributed by atoms with Gasteiger partial charge in [-0.05, 0) is 29.8 Å². The largest absolute Gasteiger partial charge is 0.457 e. The number of hydrogen-bond donors (Lipinski definition) is 0. The Morgan fingerprint density at radius 3 is 2.16 bits per heavy atom. The highest BCUT2D eigenvalue weighted by atomic mass is 32.2. The zero-order valence-corrected chi connectivity index (χ0v) is 18.3. The zero-order valence-electron chi connectivity index (χ0n) is 17.5. The monoisotopic (exact) mass is 446 g/mol. The number of nitrogens with zero attached hydrogens (tertiary/aromatic N) is 2. The first-order chi connectivity index (χ1) is 15.4. The number of benzene rings is 3. The van der Waals surface area contributed by atoms with Crippen molar-refractivity contribution in [3.8, 4) is 16.9 Å². The van der Waals surface area contributed by atoms with Gasteiger partial charge >= 0.3 is 5.97 Å². The van der Waals surface area contributed by atoms with Crippen molar-refractivity contribution in [2.75, 3.05) is 6.26 Å². The van der Waals surface area contributed by atoms with Crippen LogP contribution in [0.5, 0.6) is 0 Å². The van der Waals surface area contributed by atoms with Gasteiger partial charge in [0.2, 0.25) is 0 Å². The molecule has 0 N–H and O–H groups in total. The van der Waals surface area contributed by atoms with Crippen LogP contribution < -0.4 is 0 Å². The highest BCUT2D eigenvalue weighted by molar-refractivity contribution is 7.89. The highest BCUT2D eigenvalue weighted by Crippen LogP contribution is 2.24. The number of ether oxygens (including phenoxy) is 1. The third-order valence-electron chi connectivity index (χ3n) is 4.84. The zero-order chi connectivity index (χ0) is 22.6. The normalized spacial score (nSPS) is 11.3. The molecule has 0 amide bonds. The maximum absolute atomic E-state index is 12.6. The van der Waals surface area contributed by atoms with Gasteiger partial charge in [-0.2, -0.15) is 5.10 Å². The minimum Gasteiger partial charge on any atom is -0.457 e. The van der Waals surface area contributed by atoms with E-state index < -0.39 is 15.8 Å². The molecule has 0 aliphatic rings. The fraction of sp³-hybridized carbons (Fsp3) is 0.120. The van der Waals surface area contributed by atoms with Gasteiger partial charge in [0.05, 0.1) is 22.7 Å². The van der Waals surface area contributed by atoms with E-state index in [1.165, 1.54) is 6.26 Å². The molecular weight excluding hydrogens is 424 g/mol. The molecule has 1 heterocycles. The second-order valence-corrected chi connectivity index (χ2v) is 9.63. The summed E-state index contributed by atoms with van der Waals surface area (Å²) in [5.41, 5.74) is 4.34. The summed E-state index contributed by atoms with van der Waals surface area (Å²) in [5.74, 6) is -0.552. The molecule has 4 rings (SSSR count). The first-order valence-corrected chi connectivity index (χ1v) is 12.1. The average molecular weight is 447 g/mol. The molecule has 0 unspecified atom stereocenters. The summed E-state index contributed by atoms with van der Waals surface area (Å²) in [7, 11) is -3.13. The topological polar surface area (TPSA) is 78.3 Å². The Labute approximate surface area is 187 Å². The first-order valence-electron chi connectivity index (χ1n) is 10.0. The minimum atomic E-state index is -3.13. The van der Waals surface area contributed by atoms with E-state index in [9.17, 15) is 13.2 Å². The lowest BCUT2D eigenvalue weighted by Crippen LogP contribution is -2.06. The lowest BCUT2D eigenvalue weighted by Gasteiger charge is -2.06. The van der Waals surface area contributed by atoms with Crippen molar-refractivity contribution >= 4 is 15.8 Å². The smallest absolute Gasteiger partial charge is 0.338 e. The number of hydrogen-bond acceptors (Lipinski definition) is 5. The van der Waals surface area contributed by atoms with Crippen molar-refractivity contribution in [1.82, 2.24) is 9.78 Å². The van der Waals surface area contributed by atoms with Crippen LogP contribution in [0.2, 0.25) is 0 Å². The summed E-state index contributed by atoms with van der Waals surface area (Å²) in [6, 6.07) is 25.9. The Morgan fingerprint density at radius 1 is 0.906 bits per heavy atom. The van der Waals surface area contributed by atoms with Crippen LogP contribution in [0.1, 0.15) is 21.5 Å². The Bertz CT molecular complexity index is 1310. The van der Waals surface area contributed by atoms with E-state index in [-0.39, 0.29) is 12.4 Å². The second-order valence-electron chi connectivity index (χ2n) is 7.49. The molecule has 0 saturated carbocycles. The molecule has 0 atom stereocenters. The van der Waals surface area contributed by atoms with Crippen molar-refractivity contribution < 1.29 is 17.9 Å². The van der Waals surface area contributed by atoms with Crippen molar-refractivity contribution in [2.24, 2.45) is 0 Å². The van der Waals surface area contributed by atoms with Gasteiger partial charge in [0, 0.05) is 23.6 Å². The summed E-state index contributed by atoms with van der Waals surface area (Å²) in [6.07, 6.45) is 3.04. The van der Waals surface area contributed by atoms with E-state index in [4.69, 9.17) is 9.84 Å². The van der Waals surface area contributed by atoms with Gasteiger partial charge in [0.15, 0.2) is 9.84 Å². The van der Waals surface area contributed by atoms with Gasteiger partial charge in [-0.25, -0.2) is 17.9 Å². The lowest BCUT2D eigenvalue weighted by molar-refractivity contribution is 0.0473. The minimum absolute atomic E-state index is 0.0565. The molecule has 162 valence electrons. The quantitative estimate of drug-likeness (QED) is 0.392. The fourth-order valence-electron chi connectivity index (χ4n) is 3.33. The van der Waals surface area contributed by atoms with Crippen molar-refractivity contribution in [3.05, 3.63) is 108 Å². The molecule has 32 heavy (non-hydrogen) atoms. The van der Waals surface area contributed by atoms with Gasteiger partial charge in [-0.1, -0.05) is 60.7 Å². The molecule has 0 aliphatic heterocycles. The molecule has 7 heteroatoms. The number of esters is 1. The Hall–Kier alpha value is -3.71. The van der Waals surface area contributed by atoms with E-state index >= 15 is 0 Å². The summed E-state index contributed by atoms with van der Waals surface area (Å²) >= 11 is 0. The first kappa shape index (κ1) is 21.5. The van der Waals surface area contributed by atoms with E-state index in [1.54, 1.807) is 28.9 Å². The van der Waals surface area contributed by atoms with E-state index in [0.717, 1.165) is 22.5 Å². The predicted octanol–water partition coefficient (Wildman–Crippen LogP) is 4.44. The SMILES string of the molecule is CS(=O)(=O)Cc1ccc(C(=O)OCc2cn(-c3ccccc3)nc2-c2ccccc2)cc1.